The third kappa shape index (κ3) is 2.59. The molecule has 1 aromatic carbocycles. The van der Waals surface area contributed by atoms with Crippen LogP contribution in [0, 0.1) is 22.9 Å². The van der Waals surface area contributed by atoms with Crippen LogP contribution in [0.15, 0.2) is 30.3 Å². The summed E-state index contributed by atoms with van der Waals surface area (Å²) in [5.74, 6) is 0.115. The van der Waals surface area contributed by atoms with E-state index in [1.807, 2.05) is 6.92 Å². The average Bonchev–Trinajstić information content (AvgIpc) is 2.42. The summed E-state index contributed by atoms with van der Waals surface area (Å²) in [5, 5.41) is 14.1. The van der Waals surface area contributed by atoms with Gasteiger partial charge in [0.25, 0.3) is 5.69 Å². The van der Waals surface area contributed by atoms with Crippen LogP contribution in [0.2, 0.25) is 0 Å². The van der Waals surface area contributed by atoms with E-state index in [1.54, 1.807) is 19.1 Å². The van der Waals surface area contributed by atoms with E-state index in [4.69, 9.17) is 0 Å². The van der Waals surface area contributed by atoms with Gasteiger partial charge in [-0.1, -0.05) is 12.1 Å². The molecule has 6 heteroatoms. The van der Waals surface area contributed by atoms with Crippen molar-refractivity contribution < 1.29 is 9.31 Å². The van der Waals surface area contributed by atoms with Gasteiger partial charge in [0.1, 0.15) is 11.6 Å². The van der Waals surface area contributed by atoms with Gasteiger partial charge in [0.15, 0.2) is 5.69 Å². The van der Waals surface area contributed by atoms with E-state index in [-0.39, 0.29) is 11.4 Å². The summed E-state index contributed by atoms with van der Waals surface area (Å²) >= 11 is 0. The maximum absolute atomic E-state index is 13.6. The Morgan fingerprint density at radius 1 is 1.35 bits per heavy atom. The predicted octanol–water partition coefficient (Wildman–Crippen LogP) is 3.54. The number of hydrogen-bond donors (Lipinski definition) is 1. The van der Waals surface area contributed by atoms with Crippen LogP contribution in [0.3, 0.4) is 0 Å². The summed E-state index contributed by atoms with van der Waals surface area (Å²) in [5.41, 5.74) is 0.805. The smallest absolute Gasteiger partial charge is 0.295 e. The maximum Gasteiger partial charge on any atom is 0.295 e. The number of hydrogen-bond acceptors (Lipinski definition) is 4. The fourth-order valence-corrected chi connectivity index (χ4v) is 1.94. The van der Waals surface area contributed by atoms with Gasteiger partial charge in [-0.3, -0.25) is 10.1 Å². The highest BCUT2D eigenvalue weighted by Crippen LogP contribution is 2.32. The highest BCUT2D eigenvalue weighted by Gasteiger charge is 2.20. The van der Waals surface area contributed by atoms with Gasteiger partial charge in [-0.05, 0) is 31.5 Å². The van der Waals surface area contributed by atoms with E-state index in [0.29, 0.717) is 23.5 Å². The number of anilines is 1. The first-order valence-corrected chi connectivity index (χ1v) is 6.19. The van der Waals surface area contributed by atoms with Gasteiger partial charge < -0.3 is 5.32 Å². The number of halogens is 1. The molecule has 0 bridgehead atoms. The van der Waals surface area contributed by atoms with Crippen molar-refractivity contribution in [2.75, 3.05) is 11.9 Å². The summed E-state index contributed by atoms with van der Waals surface area (Å²) in [4.78, 5) is 14.8. The number of pyridine rings is 1. The van der Waals surface area contributed by atoms with E-state index in [2.05, 4.69) is 10.3 Å². The summed E-state index contributed by atoms with van der Waals surface area (Å²) in [7, 11) is 0. The largest absolute Gasteiger partial charge is 0.370 e. The van der Waals surface area contributed by atoms with Crippen LogP contribution < -0.4 is 5.32 Å². The van der Waals surface area contributed by atoms with Crippen LogP contribution in [0.1, 0.15) is 12.5 Å². The fourth-order valence-electron chi connectivity index (χ4n) is 1.94. The number of nitro groups is 1. The minimum atomic E-state index is -0.512. The Morgan fingerprint density at radius 3 is 2.75 bits per heavy atom. The molecule has 0 aliphatic carbocycles. The Morgan fingerprint density at radius 2 is 2.10 bits per heavy atom. The third-order valence-electron chi connectivity index (χ3n) is 2.95. The van der Waals surface area contributed by atoms with Crippen LogP contribution in [0.25, 0.3) is 11.3 Å². The molecule has 0 atom stereocenters. The van der Waals surface area contributed by atoms with Gasteiger partial charge in [0.05, 0.1) is 4.92 Å². The number of nitrogens with one attached hydrogen (secondary N) is 1. The molecule has 1 heterocycles. The molecule has 0 radical (unpaired) electrons. The van der Waals surface area contributed by atoms with Gasteiger partial charge in [0.2, 0.25) is 0 Å². The lowest BCUT2D eigenvalue weighted by molar-refractivity contribution is -0.384. The van der Waals surface area contributed by atoms with E-state index in [0.717, 1.165) is 0 Å². The third-order valence-corrected chi connectivity index (χ3v) is 2.95. The second-order valence-electron chi connectivity index (χ2n) is 4.26. The molecule has 0 saturated carbocycles. The molecule has 0 aliphatic heterocycles. The minimum absolute atomic E-state index is 0.139. The minimum Gasteiger partial charge on any atom is -0.370 e. The highest BCUT2D eigenvalue weighted by atomic mass is 19.1. The SMILES string of the molecule is CCNc1ccc([N+](=O)[O-])c(-c2cccc(F)c2C)n1. The maximum atomic E-state index is 13.6. The van der Waals surface area contributed by atoms with Gasteiger partial charge in [0, 0.05) is 18.2 Å². The Kier molecular flexibility index (Phi) is 3.93. The number of nitrogens with zero attached hydrogens (tertiary/aromatic N) is 2. The summed E-state index contributed by atoms with van der Waals surface area (Å²) in [6.45, 7) is 4.12. The average molecular weight is 275 g/mol. The molecule has 0 unspecified atom stereocenters. The van der Waals surface area contributed by atoms with Crippen LogP contribution in [-0.4, -0.2) is 16.5 Å². The van der Waals surface area contributed by atoms with Gasteiger partial charge in [-0.25, -0.2) is 9.37 Å². The first kappa shape index (κ1) is 13.9. The zero-order chi connectivity index (χ0) is 14.7. The van der Waals surface area contributed by atoms with Crippen molar-refractivity contribution >= 4 is 11.5 Å². The first-order valence-electron chi connectivity index (χ1n) is 6.19. The molecule has 0 spiro atoms. The van der Waals surface area contributed by atoms with Gasteiger partial charge in [-0.2, -0.15) is 0 Å². The Balaban J connectivity index is 2.66. The summed E-state index contributed by atoms with van der Waals surface area (Å²) < 4.78 is 13.6. The number of rotatable bonds is 4. The zero-order valence-corrected chi connectivity index (χ0v) is 11.2. The normalized spacial score (nSPS) is 10.3. The topological polar surface area (TPSA) is 68.1 Å². The molecular formula is C14H14FN3O2. The van der Waals surface area contributed by atoms with Crippen LogP contribution >= 0.6 is 0 Å². The molecular weight excluding hydrogens is 261 g/mol. The quantitative estimate of drug-likeness (QED) is 0.684. The number of benzene rings is 1. The fraction of sp³-hybridized carbons (Fsp3) is 0.214. The molecule has 0 amide bonds. The Bertz CT molecular complexity index is 659. The van der Waals surface area contributed by atoms with E-state index in [1.165, 1.54) is 18.2 Å². The Labute approximate surface area is 115 Å². The molecule has 1 N–H and O–H groups in total. The van der Waals surface area contributed by atoms with Crippen molar-refractivity contribution in [2.24, 2.45) is 0 Å². The zero-order valence-electron chi connectivity index (χ0n) is 11.2. The lowest BCUT2D eigenvalue weighted by atomic mass is 10.0. The molecule has 5 nitrogen and oxygen atoms in total. The molecule has 104 valence electrons. The van der Waals surface area contributed by atoms with Gasteiger partial charge >= 0.3 is 0 Å². The summed E-state index contributed by atoms with van der Waals surface area (Å²) in [6, 6.07) is 7.38. The highest BCUT2D eigenvalue weighted by molar-refractivity contribution is 5.74. The summed E-state index contributed by atoms with van der Waals surface area (Å²) in [6.07, 6.45) is 0. The second kappa shape index (κ2) is 5.64. The molecule has 0 aliphatic rings. The van der Waals surface area contributed by atoms with Crippen molar-refractivity contribution in [2.45, 2.75) is 13.8 Å². The van der Waals surface area contributed by atoms with Crippen LogP contribution in [-0.2, 0) is 0 Å². The predicted molar refractivity (Wildman–Crippen MR) is 75.2 cm³/mol. The monoisotopic (exact) mass is 275 g/mol. The molecule has 2 aromatic rings. The lowest BCUT2D eigenvalue weighted by Crippen LogP contribution is -2.03. The standard InChI is InChI=1S/C14H14FN3O2/c1-3-16-13-8-7-12(18(19)20)14(17-13)10-5-4-6-11(15)9(10)2/h4-8H,3H2,1-2H3,(H,16,17). The molecule has 1 aromatic heterocycles. The van der Waals surface area contributed by atoms with E-state index >= 15 is 0 Å². The van der Waals surface area contributed by atoms with Crippen molar-refractivity contribution in [3.8, 4) is 11.3 Å². The van der Waals surface area contributed by atoms with E-state index in [9.17, 15) is 14.5 Å². The lowest BCUT2D eigenvalue weighted by Gasteiger charge is -2.09. The molecule has 0 fully saturated rings. The van der Waals surface area contributed by atoms with Crippen LogP contribution in [0.5, 0.6) is 0 Å². The van der Waals surface area contributed by atoms with Crippen molar-refractivity contribution in [3.63, 3.8) is 0 Å². The van der Waals surface area contributed by atoms with Crippen molar-refractivity contribution in [1.29, 1.82) is 0 Å². The first-order chi connectivity index (χ1) is 9.54. The Hall–Kier alpha value is -2.50. The van der Waals surface area contributed by atoms with Crippen LogP contribution in [0.4, 0.5) is 15.9 Å². The van der Waals surface area contributed by atoms with Gasteiger partial charge in [-0.15, -0.1) is 0 Å². The molecule has 20 heavy (non-hydrogen) atoms. The molecule has 2 rings (SSSR count). The molecule has 0 saturated heterocycles. The number of aromatic nitrogens is 1. The van der Waals surface area contributed by atoms with E-state index < -0.39 is 10.7 Å². The van der Waals surface area contributed by atoms with Crippen molar-refractivity contribution in [1.82, 2.24) is 4.98 Å². The van der Waals surface area contributed by atoms with Crippen molar-refractivity contribution in [3.05, 3.63) is 51.8 Å². The second-order valence-corrected chi connectivity index (χ2v) is 4.26.